The molecule has 6 heteroatoms. The number of Topliss-reactive ketones (excluding diaryl/α,β-unsaturated/α-hetero) is 1. The lowest BCUT2D eigenvalue weighted by Gasteiger charge is -2.30. The number of ketones is 1. The van der Waals surface area contributed by atoms with Crippen molar-refractivity contribution in [3.63, 3.8) is 0 Å². The number of anilines is 1. The van der Waals surface area contributed by atoms with Crippen LogP contribution in [0.5, 0.6) is 5.75 Å². The molecule has 1 aliphatic rings. The lowest BCUT2D eigenvalue weighted by atomic mass is 10.1. The van der Waals surface area contributed by atoms with E-state index in [1.807, 2.05) is 6.92 Å². The van der Waals surface area contributed by atoms with Gasteiger partial charge in [0.25, 0.3) is 0 Å². The Hall–Kier alpha value is -1.56. The highest BCUT2D eigenvalue weighted by atomic mass is 32.2. The summed E-state index contributed by atoms with van der Waals surface area (Å²) in [6, 6.07) is 4.89. The first-order valence-electron chi connectivity index (χ1n) is 6.24. The minimum atomic E-state index is -3.35. The first kappa shape index (κ1) is 13.9. The van der Waals surface area contributed by atoms with Gasteiger partial charge in [-0.3, -0.25) is 9.10 Å². The summed E-state index contributed by atoms with van der Waals surface area (Å²) in [5.41, 5.74) is 0.952. The van der Waals surface area contributed by atoms with Crippen LogP contribution in [0.4, 0.5) is 5.69 Å². The van der Waals surface area contributed by atoms with Crippen molar-refractivity contribution in [2.24, 2.45) is 0 Å². The number of ether oxygens (including phenoxy) is 1. The van der Waals surface area contributed by atoms with Crippen LogP contribution in [0.3, 0.4) is 0 Å². The predicted octanol–water partition coefficient (Wildman–Crippen LogP) is 1.83. The standard InChI is InChI=1S/C13H17NO4S/c1-3-8-19(16,17)14-6-7-18-13-5-4-11(10(2)15)9-12(13)14/h4-5,9H,3,6-8H2,1-2H3. The van der Waals surface area contributed by atoms with E-state index in [-0.39, 0.29) is 18.1 Å². The Kier molecular flexibility index (Phi) is 3.80. The highest BCUT2D eigenvalue weighted by molar-refractivity contribution is 7.92. The monoisotopic (exact) mass is 283 g/mol. The van der Waals surface area contributed by atoms with E-state index in [0.29, 0.717) is 30.0 Å². The van der Waals surface area contributed by atoms with Crippen LogP contribution in [-0.2, 0) is 10.0 Å². The summed E-state index contributed by atoms with van der Waals surface area (Å²) in [4.78, 5) is 11.4. The Labute approximate surface area is 113 Å². The quantitative estimate of drug-likeness (QED) is 0.791. The number of hydrogen-bond donors (Lipinski definition) is 0. The molecule has 0 unspecified atom stereocenters. The smallest absolute Gasteiger partial charge is 0.235 e. The molecule has 5 nitrogen and oxygen atoms in total. The molecule has 0 atom stereocenters. The first-order valence-corrected chi connectivity index (χ1v) is 7.85. The molecule has 104 valence electrons. The van der Waals surface area contributed by atoms with Crippen LogP contribution in [0.2, 0.25) is 0 Å². The van der Waals surface area contributed by atoms with Crippen LogP contribution in [0.1, 0.15) is 30.6 Å². The average Bonchev–Trinajstić information content (AvgIpc) is 2.37. The zero-order valence-electron chi connectivity index (χ0n) is 11.0. The molecule has 0 aromatic heterocycles. The zero-order chi connectivity index (χ0) is 14.0. The summed E-state index contributed by atoms with van der Waals surface area (Å²) in [6.07, 6.45) is 0.557. The Morgan fingerprint density at radius 1 is 1.42 bits per heavy atom. The molecule has 0 radical (unpaired) electrons. The van der Waals surface area contributed by atoms with E-state index in [4.69, 9.17) is 4.74 Å². The number of carbonyl (C=O) groups is 1. The largest absolute Gasteiger partial charge is 0.489 e. The van der Waals surface area contributed by atoms with Gasteiger partial charge in [-0.15, -0.1) is 0 Å². The summed E-state index contributed by atoms with van der Waals surface area (Å²) < 4.78 is 31.2. The van der Waals surface area contributed by atoms with Gasteiger partial charge in [0.2, 0.25) is 10.0 Å². The van der Waals surface area contributed by atoms with Gasteiger partial charge in [0.15, 0.2) is 5.78 Å². The maximum absolute atomic E-state index is 12.2. The van der Waals surface area contributed by atoms with Crippen LogP contribution in [0.15, 0.2) is 18.2 Å². The molecule has 0 bridgehead atoms. The third kappa shape index (κ3) is 2.73. The topological polar surface area (TPSA) is 63.7 Å². The van der Waals surface area contributed by atoms with Gasteiger partial charge < -0.3 is 4.74 Å². The van der Waals surface area contributed by atoms with Gasteiger partial charge in [-0.1, -0.05) is 6.92 Å². The molecule has 2 rings (SSSR count). The maximum Gasteiger partial charge on any atom is 0.235 e. The minimum Gasteiger partial charge on any atom is -0.489 e. The van der Waals surface area contributed by atoms with Crippen molar-refractivity contribution < 1.29 is 17.9 Å². The maximum atomic E-state index is 12.2. The molecule has 0 fully saturated rings. The number of fused-ring (bicyclic) bond motifs is 1. The predicted molar refractivity (Wildman–Crippen MR) is 73.4 cm³/mol. The van der Waals surface area contributed by atoms with Crippen LogP contribution < -0.4 is 9.04 Å². The Morgan fingerprint density at radius 2 is 2.16 bits per heavy atom. The Balaban J connectivity index is 2.48. The van der Waals surface area contributed by atoms with Gasteiger partial charge >= 0.3 is 0 Å². The molecule has 0 N–H and O–H groups in total. The number of sulfonamides is 1. The third-order valence-corrected chi connectivity index (χ3v) is 4.96. The molecule has 1 aromatic carbocycles. The highest BCUT2D eigenvalue weighted by Crippen LogP contribution is 2.34. The van der Waals surface area contributed by atoms with Gasteiger partial charge in [-0.05, 0) is 31.5 Å². The summed E-state index contributed by atoms with van der Waals surface area (Å²) >= 11 is 0. The average molecular weight is 283 g/mol. The molecule has 0 saturated heterocycles. The molecule has 1 aliphatic heterocycles. The molecule has 1 aromatic rings. The van der Waals surface area contributed by atoms with E-state index < -0.39 is 10.0 Å². The van der Waals surface area contributed by atoms with E-state index in [9.17, 15) is 13.2 Å². The van der Waals surface area contributed by atoms with Crippen molar-refractivity contribution in [3.05, 3.63) is 23.8 Å². The van der Waals surface area contributed by atoms with Gasteiger partial charge in [0, 0.05) is 5.56 Å². The molecule has 0 spiro atoms. The SMILES string of the molecule is CCCS(=O)(=O)N1CCOc2ccc(C(C)=O)cc21. The summed E-state index contributed by atoms with van der Waals surface area (Å²) in [6.45, 7) is 3.90. The fourth-order valence-corrected chi connectivity index (χ4v) is 3.60. The first-order chi connectivity index (χ1) is 8.95. The van der Waals surface area contributed by atoms with Crippen LogP contribution >= 0.6 is 0 Å². The van der Waals surface area contributed by atoms with Gasteiger partial charge in [0.05, 0.1) is 18.0 Å². The fourth-order valence-electron chi connectivity index (χ4n) is 2.07. The van der Waals surface area contributed by atoms with E-state index >= 15 is 0 Å². The zero-order valence-corrected chi connectivity index (χ0v) is 11.9. The second-order valence-electron chi connectivity index (χ2n) is 4.48. The molecular formula is C13H17NO4S. The van der Waals surface area contributed by atoms with E-state index in [2.05, 4.69) is 0 Å². The lowest BCUT2D eigenvalue weighted by Crippen LogP contribution is -2.39. The van der Waals surface area contributed by atoms with E-state index in [1.54, 1.807) is 18.2 Å². The van der Waals surface area contributed by atoms with Crippen molar-refractivity contribution in [1.82, 2.24) is 0 Å². The number of rotatable bonds is 4. The summed E-state index contributed by atoms with van der Waals surface area (Å²) in [7, 11) is -3.35. The molecule has 0 aliphatic carbocycles. The van der Waals surface area contributed by atoms with Crippen molar-refractivity contribution in [3.8, 4) is 5.75 Å². The third-order valence-electron chi connectivity index (χ3n) is 2.98. The van der Waals surface area contributed by atoms with Crippen LogP contribution in [0, 0.1) is 0 Å². The molecule has 0 saturated carbocycles. The number of hydrogen-bond acceptors (Lipinski definition) is 4. The second-order valence-corrected chi connectivity index (χ2v) is 6.49. The number of benzene rings is 1. The molecule has 0 amide bonds. The fraction of sp³-hybridized carbons (Fsp3) is 0.462. The molecule has 19 heavy (non-hydrogen) atoms. The summed E-state index contributed by atoms with van der Waals surface area (Å²) in [5, 5.41) is 0. The van der Waals surface area contributed by atoms with Crippen molar-refractivity contribution in [1.29, 1.82) is 0 Å². The van der Waals surface area contributed by atoms with Crippen LogP contribution in [0.25, 0.3) is 0 Å². The van der Waals surface area contributed by atoms with Crippen LogP contribution in [-0.4, -0.2) is 33.1 Å². The van der Waals surface area contributed by atoms with Crippen molar-refractivity contribution >= 4 is 21.5 Å². The van der Waals surface area contributed by atoms with Crippen molar-refractivity contribution in [2.45, 2.75) is 20.3 Å². The summed E-state index contributed by atoms with van der Waals surface area (Å²) in [5.74, 6) is 0.508. The van der Waals surface area contributed by atoms with E-state index in [1.165, 1.54) is 11.2 Å². The number of carbonyl (C=O) groups excluding carboxylic acids is 1. The second kappa shape index (κ2) is 5.21. The number of nitrogens with zero attached hydrogens (tertiary/aromatic N) is 1. The normalized spacial score (nSPS) is 14.7. The Morgan fingerprint density at radius 3 is 2.79 bits per heavy atom. The highest BCUT2D eigenvalue weighted by Gasteiger charge is 2.28. The molecular weight excluding hydrogens is 266 g/mol. The minimum absolute atomic E-state index is 0.0940. The molecule has 1 heterocycles. The van der Waals surface area contributed by atoms with Crippen molar-refractivity contribution in [2.75, 3.05) is 23.2 Å². The van der Waals surface area contributed by atoms with E-state index in [0.717, 1.165) is 0 Å². The van der Waals surface area contributed by atoms with Gasteiger partial charge in [0.1, 0.15) is 12.4 Å². The lowest BCUT2D eigenvalue weighted by molar-refractivity contribution is 0.101. The Bertz CT molecular complexity index is 595. The van der Waals surface area contributed by atoms with Gasteiger partial charge in [-0.2, -0.15) is 0 Å². The van der Waals surface area contributed by atoms with Gasteiger partial charge in [-0.25, -0.2) is 8.42 Å².